The molecule has 0 bridgehead atoms. The Balaban J connectivity index is 1.43. The van der Waals surface area contributed by atoms with Crippen LogP contribution in [0.5, 0.6) is 0 Å². The maximum Gasteiger partial charge on any atom is 0.239 e. The molecule has 27 heavy (non-hydrogen) atoms. The van der Waals surface area contributed by atoms with Crippen LogP contribution in [-0.4, -0.2) is 24.4 Å². The van der Waals surface area contributed by atoms with Gasteiger partial charge in [-0.1, -0.05) is 42.5 Å². The number of hydrogen-bond acceptors (Lipinski definition) is 3. The lowest BCUT2D eigenvalue weighted by molar-refractivity contribution is -0.126. The van der Waals surface area contributed by atoms with Crippen LogP contribution in [0, 0.1) is 0 Å². The molecule has 0 aliphatic heterocycles. The third-order valence-electron chi connectivity index (χ3n) is 4.49. The molecule has 1 aromatic heterocycles. The van der Waals surface area contributed by atoms with Crippen molar-refractivity contribution in [2.24, 2.45) is 0 Å². The van der Waals surface area contributed by atoms with Gasteiger partial charge in [0.2, 0.25) is 11.8 Å². The molecule has 1 atom stereocenters. The zero-order chi connectivity index (χ0) is 19.1. The van der Waals surface area contributed by atoms with Gasteiger partial charge in [-0.25, -0.2) is 0 Å². The molecule has 0 unspecified atom stereocenters. The quantitative estimate of drug-likeness (QED) is 0.645. The second-order valence-electron chi connectivity index (χ2n) is 6.68. The minimum atomic E-state index is -0.187. The lowest BCUT2D eigenvalue weighted by Crippen LogP contribution is -2.41. The summed E-state index contributed by atoms with van der Waals surface area (Å²) in [6.45, 7) is 1.92. The Kier molecular flexibility index (Phi) is 6.26. The molecule has 2 N–H and O–H groups in total. The number of nitrogens with one attached hydrogen (secondary N) is 2. The van der Waals surface area contributed by atoms with Crippen LogP contribution in [0.1, 0.15) is 24.7 Å². The van der Waals surface area contributed by atoms with Crippen molar-refractivity contribution in [1.29, 1.82) is 0 Å². The predicted octanol–water partition coefficient (Wildman–Crippen LogP) is 3.23. The van der Waals surface area contributed by atoms with E-state index < -0.39 is 0 Å². The van der Waals surface area contributed by atoms with Crippen molar-refractivity contribution in [2.45, 2.75) is 32.2 Å². The van der Waals surface area contributed by atoms with E-state index in [0.29, 0.717) is 0 Å². The Hall–Kier alpha value is -3.08. The highest BCUT2D eigenvalue weighted by Gasteiger charge is 2.11. The van der Waals surface area contributed by atoms with E-state index in [2.05, 4.69) is 10.6 Å². The first-order valence-electron chi connectivity index (χ1n) is 9.17. The van der Waals surface area contributed by atoms with Crippen molar-refractivity contribution < 1.29 is 14.0 Å². The number of rotatable bonds is 8. The van der Waals surface area contributed by atoms with Crippen LogP contribution in [0.2, 0.25) is 0 Å². The van der Waals surface area contributed by atoms with E-state index in [9.17, 15) is 9.59 Å². The summed E-state index contributed by atoms with van der Waals surface area (Å²) >= 11 is 0. The van der Waals surface area contributed by atoms with Crippen LogP contribution in [-0.2, 0) is 22.4 Å². The SMILES string of the molecule is C[C@@H](CCc1ccco1)NC(=O)CNC(=O)Cc1cccc2ccccc12. The molecule has 0 aliphatic rings. The molecular formula is C22H24N2O3. The van der Waals surface area contributed by atoms with E-state index in [1.54, 1.807) is 6.26 Å². The number of aryl methyl sites for hydroxylation is 1. The van der Waals surface area contributed by atoms with E-state index in [1.165, 1.54) is 0 Å². The average Bonchev–Trinajstić information content (AvgIpc) is 3.19. The standard InChI is InChI=1S/C22H24N2O3/c1-16(11-12-19-9-5-13-27-19)24-22(26)15-23-21(25)14-18-8-4-7-17-6-2-3-10-20(17)18/h2-10,13,16H,11-12,14-15H2,1H3,(H,23,25)(H,24,26)/t16-/m0/s1. The second-order valence-corrected chi connectivity index (χ2v) is 6.68. The van der Waals surface area contributed by atoms with Crippen molar-refractivity contribution in [2.75, 3.05) is 6.54 Å². The van der Waals surface area contributed by atoms with Gasteiger partial charge in [0.15, 0.2) is 0 Å². The monoisotopic (exact) mass is 364 g/mol. The van der Waals surface area contributed by atoms with Crippen molar-refractivity contribution in [3.05, 3.63) is 72.2 Å². The molecule has 0 radical (unpaired) electrons. The zero-order valence-electron chi connectivity index (χ0n) is 15.4. The number of carbonyl (C=O) groups excluding carboxylic acids is 2. The van der Waals surface area contributed by atoms with Crippen LogP contribution in [0.25, 0.3) is 10.8 Å². The van der Waals surface area contributed by atoms with Gasteiger partial charge in [-0.3, -0.25) is 9.59 Å². The molecule has 3 aromatic rings. The van der Waals surface area contributed by atoms with Gasteiger partial charge in [0, 0.05) is 12.5 Å². The first-order chi connectivity index (χ1) is 13.1. The summed E-state index contributed by atoms with van der Waals surface area (Å²) in [5.74, 6) is 0.553. The number of hydrogen-bond donors (Lipinski definition) is 2. The summed E-state index contributed by atoms with van der Waals surface area (Å²) in [6, 6.07) is 17.7. The summed E-state index contributed by atoms with van der Waals surface area (Å²) in [5, 5.41) is 7.76. The van der Waals surface area contributed by atoms with Crippen molar-refractivity contribution in [3.8, 4) is 0 Å². The van der Waals surface area contributed by atoms with Gasteiger partial charge in [0.1, 0.15) is 5.76 Å². The minimum Gasteiger partial charge on any atom is -0.469 e. The molecule has 0 saturated carbocycles. The van der Waals surface area contributed by atoms with Crippen molar-refractivity contribution >= 4 is 22.6 Å². The lowest BCUT2D eigenvalue weighted by atomic mass is 10.0. The van der Waals surface area contributed by atoms with Crippen molar-refractivity contribution in [3.63, 3.8) is 0 Å². The molecule has 3 rings (SSSR count). The Morgan fingerprint density at radius 3 is 2.63 bits per heavy atom. The Morgan fingerprint density at radius 2 is 1.81 bits per heavy atom. The first kappa shape index (κ1) is 18.7. The van der Waals surface area contributed by atoms with Gasteiger partial charge >= 0.3 is 0 Å². The Bertz CT molecular complexity index is 898. The molecule has 0 saturated heterocycles. The molecular weight excluding hydrogens is 340 g/mol. The van der Waals surface area contributed by atoms with E-state index >= 15 is 0 Å². The largest absolute Gasteiger partial charge is 0.469 e. The molecule has 0 fully saturated rings. The number of benzene rings is 2. The van der Waals surface area contributed by atoms with Gasteiger partial charge in [-0.2, -0.15) is 0 Å². The normalized spacial score (nSPS) is 11.9. The molecule has 1 heterocycles. The van der Waals surface area contributed by atoms with Crippen LogP contribution in [0.3, 0.4) is 0 Å². The summed E-state index contributed by atoms with van der Waals surface area (Å²) in [4.78, 5) is 24.3. The number of amides is 2. The van der Waals surface area contributed by atoms with Gasteiger partial charge in [0.05, 0.1) is 19.2 Å². The van der Waals surface area contributed by atoms with Gasteiger partial charge < -0.3 is 15.1 Å². The third-order valence-corrected chi connectivity index (χ3v) is 4.49. The predicted molar refractivity (Wildman–Crippen MR) is 105 cm³/mol. The molecule has 2 aromatic carbocycles. The highest BCUT2D eigenvalue weighted by Crippen LogP contribution is 2.18. The van der Waals surface area contributed by atoms with Gasteiger partial charge in [-0.15, -0.1) is 0 Å². The fourth-order valence-electron chi connectivity index (χ4n) is 3.07. The molecule has 5 nitrogen and oxygen atoms in total. The maximum absolute atomic E-state index is 12.2. The highest BCUT2D eigenvalue weighted by atomic mass is 16.3. The highest BCUT2D eigenvalue weighted by molar-refractivity contribution is 5.91. The second kappa shape index (κ2) is 9.03. The van der Waals surface area contributed by atoms with E-state index in [1.807, 2.05) is 61.5 Å². The van der Waals surface area contributed by atoms with Crippen LogP contribution in [0.4, 0.5) is 0 Å². The summed E-state index contributed by atoms with van der Waals surface area (Å²) < 4.78 is 5.29. The summed E-state index contributed by atoms with van der Waals surface area (Å²) in [6.07, 6.45) is 3.44. The first-order valence-corrected chi connectivity index (χ1v) is 9.17. The zero-order valence-corrected chi connectivity index (χ0v) is 15.4. The minimum absolute atomic E-state index is 0.0116. The van der Waals surface area contributed by atoms with Gasteiger partial charge in [-0.05, 0) is 41.8 Å². The number of carbonyl (C=O) groups is 2. The van der Waals surface area contributed by atoms with E-state index in [0.717, 1.165) is 34.9 Å². The molecule has 0 aliphatic carbocycles. The Morgan fingerprint density at radius 1 is 1.00 bits per heavy atom. The fraction of sp³-hybridized carbons (Fsp3) is 0.273. The molecule has 2 amide bonds. The average molecular weight is 364 g/mol. The van der Waals surface area contributed by atoms with Gasteiger partial charge in [0.25, 0.3) is 0 Å². The molecule has 140 valence electrons. The van der Waals surface area contributed by atoms with Crippen LogP contribution >= 0.6 is 0 Å². The lowest BCUT2D eigenvalue weighted by Gasteiger charge is -2.14. The maximum atomic E-state index is 12.2. The smallest absolute Gasteiger partial charge is 0.239 e. The fourth-order valence-corrected chi connectivity index (χ4v) is 3.07. The third kappa shape index (κ3) is 5.45. The van der Waals surface area contributed by atoms with E-state index in [-0.39, 0.29) is 30.8 Å². The summed E-state index contributed by atoms with van der Waals surface area (Å²) in [7, 11) is 0. The number of furan rings is 1. The van der Waals surface area contributed by atoms with Crippen molar-refractivity contribution in [1.82, 2.24) is 10.6 Å². The Labute approximate surface area is 158 Å². The number of fused-ring (bicyclic) bond motifs is 1. The molecule has 5 heteroatoms. The van der Waals surface area contributed by atoms with Crippen LogP contribution < -0.4 is 10.6 Å². The summed E-state index contributed by atoms with van der Waals surface area (Å²) in [5.41, 5.74) is 0.956. The van der Waals surface area contributed by atoms with E-state index in [4.69, 9.17) is 4.42 Å². The molecule has 0 spiro atoms. The van der Waals surface area contributed by atoms with Crippen LogP contribution in [0.15, 0.2) is 65.3 Å². The topological polar surface area (TPSA) is 71.3 Å².